The molecule has 94 valence electrons. The van der Waals surface area contributed by atoms with Gasteiger partial charge in [0.2, 0.25) is 0 Å². The smallest absolute Gasteiger partial charge is 0.168 e. The van der Waals surface area contributed by atoms with Gasteiger partial charge in [-0.2, -0.15) is 0 Å². The van der Waals surface area contributed by atoms with Crippen LogP contribution in [-0.4, -0.2) is 0 Å². The van der Waals surface area contributed by atoms with Crippen LogP contribution in [-0.2, 0) is 6.54 Å². The Kier molecular flexibility index (Phi) is 3.79. The van der Waals surface area contributed by atoms with Gasteiger partial charge in [-0.1, -0.05) is 17.7 Å². The summed E-state index contributed by atoms with van der Waals surface area (Å²) in [5, 5.41) is 0.449. The number of hydrogen-bond donors (Lipinski definition) is 1. The molecule has 0 unspecified atom stereocenters. The fraction of sp³-hybridized carbons (Fsp3) is 0.0769. The van der Waals surface area contributed by atoms with Crippen molar-refractivity contribution in [2.45, 2.75) is 6.54 Å². The highest BCUT2D eigenvalue weighted by atomic mass is 35.5. The Morgan fingerprint density at radius 2 is 1.83 bits per heavy atom. The van der Waals surface area contributed by atoms with Crippen molar-refractivity contribution in [2.75, 3.05) is 0 Å². The van der Waals surface area contributed by atoms with E-state index in [-0.39, 0.29) is 12.3 Å². The average molecular weight is 270 g/mol. The van der Waals surface area contributed by atoms with Crippen LogP contribution in [0.25, 0.3) is 0 Å². The highest BCUT2D eigenvalue weighted by Crippen LogP contribution is 2.30. The zero-order valence-corrected chi connectivity index (χ0v) is 10.0. The zero-order valence-electron chi connectivity index (χ0n) is 9.29. The minimum atomic E-state index is -0.780. The van der Waals surface area contributed by atoms with E-state index >= 15 is 0 Å². The Labute approximate surface area is 108 Å². The third kappa shape index (κ3) is 2.78. The molecular formula is C13H10ClF2NO. The molecule has 5 heteroatoms. The summed E-state index contributed by atoms with van der Waals surface area (Å²) in [5.74, 6) is -1.16. The normalized spacial score (nSPS) is 10.4. The third-order valence-electron chi connectivity index (χ3n) is 2.36. The van der Waals surface area contributed by atoms with Crippen LogP contribution in [0.5, 0.6) is 11.5 Å². The molecule has 2 N–H and O–H groups in total. The molecule has 0 heterocycles. The fourth-order valence-corrected chi connectivity index (χ4v) is 1.63. The summed E-state index contributed by atoms with van der Waals surface area (Å²) in [4.78, 5) is 0. The molecule has 0 fully saturated rings. The Morgan fingerprint density at radius 1 is 1.06 bits per heavy atom. The van der Waals surface area contributed by atoms with Crippen molar-refractivity contribution < 1.29 is 13.5 Å². The van der Waals surface area contributed by atoms with Crippen molar-refractivity contribution >= 4 is 11.6 Å². The van der Waals surface area contributed by atoms with Crippen LogP contribution >= 0.6 is 11.6 Å². The van der Waals surface area contributed by atoms with Crippen molar-refractivity contribution in [3.05, 3.63) is 58.6 Å². The second-order valence-electron chi connectivity index (χ2n) is 3.63. The van der Waals surface area contributed by atoms with E-state index in [0.717, 1.165) is 12.1 Å². The van der Waals surface area contributed by atoms with Gasteiger partial charge in [-0.15, -0.1) is 0 Å². The lowest BCUT2D eigenvalue weighted by atomic mass is 10.2. The first-order chi connectivity index (χ1) is 8.60. The van der Waals surface area contributed by atoms with Gasteiger partial charge in [0.05, 0.1) is 0 Å². The molecule has 18 heavy (non-hydrogen) atoms. The van der Waals surface area contributed by atoms with Gasteiger partial charge in [-0.3, -0.25) is 0 Å². The van der Waals surface area contributed by atoms with E-state index in [4.69, 9.17) is 22.1 Å². The third-order valence-corrected chi connectivity index (χ3v) is 2.60. The Balaban J connectivity index is 2.36. The van der Waals surface area contributed by atoms with Gasteiger partial charge in [-0.05, 0) is 24.3 Å². The Hall–Kier alpha value is -1.65. The number of rotatable bonds is 3. The number of benzene rings is 2. The molecule has 2 rings (SSSR count). The molecule has 0 bridgehead atoms. The number of hydrogen-bond acceptors (Lipinski definition) is 2. The standard InChI is InChI=1S/C13H10ClF2NO/c14-9-2-1-8(7-17)13(5-9)18-12-4-3-10(15)6-11(12)16/h1-6H,7,17H2. The van der Waals surface area contributed by atoms with E-state index < -0.39 is 11.6 Å². The molecule has 0 aliphatic carbocycles. The quantitative estimate of drug-likeness (QED) is 0.918. The SMILES string of the molecule is NCc1ccc(Cl)cc1Oc1ccc(F)cc1F. The molecule has 0 aliphatic rings. The highest BCUT2D eigenvalue weighted by Gasteiger charge is 2.09. The maximum atomic E-state index is 13.4. The van der Waals surface area contributed by atoms with Gasteiger partial charge in [0.1, 0.15) is 11.6 Å². The molecule has 0 atom stereocenters. The van der Waals surface area contributed by atoms with Gasteiger partial charge < -0.3 is 10.5 Å². The number of nitrogens with two attached hydrogens (primary N) is 1. The lowest BCUT2D eigenvalue weighted by molar-refractivity contribution is 0.433. The maximum absolute atomic E-state index is 13.4. The topological polar surface area (TPSA) is 35.2 Å². The maximum Gasteiger partial charge on any atom is 0.168 e. The molecule has 0 amide bonds. The number of halogens is 3. The van der Waals surface area contributed by atoms with E-state index in [1.165, 1.54) is 12.1 Å². The molecule has 0 radical (unpaired) electrons. The van der Waals surface area contributed by atoms with E-state index in [9.17, 15) is 8.78 Å². The molecular weight excluding hydrogens is 260 g/mol. The summed E-state index contributed by atoms with van der Waals surface area (Å²) in [5.41, 5.74) is 6.22. The number of ether oxygens (including phenoxy) is 1. The minimum Gasteiger partial charge on any atom is -0.454 e. The van der Waals surface area contributed by atoms with Gasteiger partial charge in [-0.25, -0.2) is 8.78 Å². The van der Waals surface area contributed by atoms with Crippen molar-refractivity contribution in [1.82, 2.24) is 0 Å². The van der Waals surface area contributed by atoms with Gasteiger partial charge >= 0.3 is 0 Å². The van der Waals surface area contributed by atoms with Crippen molar-refractivity contribution in [1.29, 1.82) is 0 Å². The first-order valence-electron chi connectivity index (χ1n) is 5.21. The van der Waals surface area contributed by atoms with Crippen molar-refractivity contribution in [3.8, 4) is 11.5 Å². The lowest BCUT2D eigenvalue weighted by Gasteiger charge is -2.11. The molecule has 0 saturated heterocycles. The minimum absolute atomic E-state index is 0.0756. The molecule has 0 spiro atoms. The molecule has 0 saturated carbocycles. The monoisotopic (exact) mass is 269 g/mol. The lowest BCUT2D eigenvalue weighted by Crippen LogP contribution is -2.00. The van der Waals surface area contributed by atoms with Gasteiger partial charge in [0.15, 0.2) is 11.6 Å². The summed E-state index contributed by atoms with van der Waals surface area (Å²) < 4.78 is 31.6. The van der Waals surface area contributed by atoms with E-state index in [1.807, 2.05) is 0 Å². The van der Waals surface area contributed by atoms with Crippen LogP contribution in [0.3, 0.4) is 0 Å². The van der Waals surface area contributed by atoms with Crippen LogP contribution in [0.4, 0.5) is 8.78 Å². The first-order valence-corrected chi connectivity index (χ1v) is 5.59. The molecule has 0 aliphatic heterocycles. The van der Waals surface area contributed by atoms with E-state index in [1.54, 1.807) is 12.1 Å². The summed E-state index contributed by atoms with van der Waals surface area (Å²) in [7, 11) is 0. The largest absolute Gasteiger partial charge is 0.454 e. The Bertz CT molecular complexity index is 575. The van der Waals surface area contributed by atoms with Gasteiger partial charge in [0.25, 0.3) is 0 Å². The van der Waals surface area contributed by atoms with Crippen molar-refractivity contribution in [3.63, 3.8) is 0 Å². The van der Waals surface area contributed by atoms with Crippen LogP contribution in [0, 0.1) is 11.6 Å². The zero-order chi connectivity index (χ0) is 13.1. The van der Waals surface area contributed by atoms with Gasteiger partial charge in [0, 0.05) is 23.2 Å². The summed E-state index contributed by atoms with van der Waals surface area (Å²) in [6.45, 7) is 0.231. The van der Waals surface area contributed by atoms with E-state index in [2.05, 4.69) is 0 Å². The van der Waals surface area contributed by atoms with Crippen molar-refractivity contribution in [2.24, 2.45) is 5.73 Å². The summed E-state index contributed by atoms with van der Waals surface area (Å²) in [6.07, 6.45) is 0. The molecule has 2 nitrogen and oxygen atoms in total. The van der Waals surface area contributed by atoms with Crippen LogP contribution in [0.1, 0.15) is 5.56 Å². The first kappa shape index (κ1) is 12.8. The second kappa shape index (κ2) is 5.33. The van der Waals surface area contributed by atoms with Crippen LogP contribution in [0.15, 0.2) is 36.4 Å². The predicted octanol–water partition coefficient (Wildman–Crippen LogP) is 3.87. The summed E-state index contributed by atoms with van der Waals surface area (Å²) >= 11 is 5.83. The fourth-order valence-electron chi connectivity index (χ4n) is 1.47. The predicted molar refractivity (Wildman–Crippen MR) is 65.8 cm³/mol. The second-order valence-corrected chi connectivity index (χ2v) is 4.07. The average Bonchev–Trinajstić information content (AvgIpc) is 2.33. The summed E-state index contributed by atoms with van der Waals surface area (Å²) in [6, 6.07) is 7.97. The highest BCUT2D eigenvalue weighted by molar-refractivity contribution is 6.30. The molecule has 2 aromatic carbocycles. The molecule has 2 aromatic rings. The van der Waals surface area contributed by atoms with Crippen LogP contribution < -0.4 is 10.5 Å². The van der Waals surface area contributed by atoms with E-state index in [0.29, 0.717) is 16.3 Å². The molecule has 0 aromatic heterocycles. The van der Waals surface area contributed by atoms with Crippen LogP contribution in [0.2, 0.25) is 5.02 Å². The Morgan fingerprint density at radius 3 is 2.50 bits per heavy atom.